The fourth-order valence-corrected chi connectivity index (χ4v) is 9.04. The van der Waals surface area contributed by atoms with Gasteiger partial charge in [-0.05, 0) is 103 Å². The smallest absolute Gasteiger partial charge is 0.243 e. The van der Waals surface area contributed by atoms with Gasteiger partial charge < -0.3 is 31.2 Å². The van der Waals surface area contributed by atoms with Crippen LogP contribution in [0.3, 0.4) is 0 Å². The summed E-state index contributed by atoms with van der Waals surface area (Å²) in [5.41, 5.74) is 12.2. The van der Waals surface area contributed by atoms with Crippen LogP contribution in [0.2, 0.25) is 0 Å². The molecule has 0 aromatic carbocycles. The van der Waals surface area contributed by atoms with Crippen LogP contribution in [-0.2, 0) is 16.6 Å². The van der Waals surface area contributed by atoms with Crippen molar-refractivity contribution in [1.82, 2.24) is 20.6 Å². The fourth-order valence-electron chi connectivity index (χ4n) is 7.71. The Labute approximate surface area is 282 Å². The number of allylic oxidation sites excluding steroid dienone is 2. The molecule has 0 amide bonds. The van der Waals surface area contributed by atoms with Crippen molar-refractivity contribution in [2.75, 3.05) is 44.2 Å². The summed E-state index contributed by atoms with van der Waals surface area (Å²) >= 11 is 1.86. The molecule has 47 heavy (non-hydrogen) atoms. The summed E-state index contributed by atoms with van der Waals surface area (Å²) in [6.07, 6.45) is 10.4. The average Bonchev–Trinajstić information content (AvgIpc) is 3.86. The molecule has 2 aliphatic carbocycles. The van der Waals surface area contributed by atoms with E-state index in [1.807, 2.05) is 31.5 Å². The van der Waals surface area contributed by atoms with Crippen LogP contribution in [0.4, 0.5) is 11.5 Å². The molecule has 4 aliphatic rings. The molecule has 0 bridgehead atoms. The summed E-state index contributed by atoms with van der Waals surface area (Å²) in [6, 6.07) is -0.215. The van der Waals surface area contributed by atoms with E-state index in [9.17, 15) is 10.0 Å². The molecule has 1 unspecified atom stereocenters. The number of hydrogen-bond donors (Lipinski definition) is 5. The minimum Gasteiger partial charge on any atom is -0.473 e. The number of aryl methyl sites for hydroxylation is 2. The van der Waals surface area contributed by atoms with Crippen molar-refractivity contribution in [3.05, 3.63) is 44.2 Å². The molecule has 1 fully saturated rings. The second kappa shape index (κ2) is 14.1. The van der Waals surface area contributed by atoms with E-state index in [4.69, 9.17) is 25.2 Å². The molecule has 1 saturated heterocycles. The van der Waals surface area contributed by atoms with Gasteiger partial charge >= 0.3 is 0 Å². The number of carbonyl (C=O) groups is 1. The maximum Gasteiger partial charge on any atom is 0.243 e. The Morgan fingerprint density at radius 1 is 1.23 bits per heavy atom. The fraction of sp³-hybridized carbons (Fsp3) is 0.629. The van der Waals surface area contributed by atoms with Gasteiger partial charge in [0.1, 0.15) is 11.8 Å². The lowest BCUT2D eigenvalue weighted by Crippen LogP contribution is -2.41. The first-order valence-electron chi connectivity index (χ1n) is 17.3. The van der Waals surface area contributed by atoms with Gasteiger partial charge in [-0.1, -0.05) is 6.92 Å². The van der Waals surface area contributed by atoms with E-state index < -0.39 is 5.41 Å². The lowest BCUT2D eigenvalue weighted by atomic mass is 9.62. The number of nitrogens with zero attached hydrogens (tertiary/aromatic N) is 3. The molecule has 256 valence electrons. The van der Waals surface area contributed by atoms with Crippen molar-refractivity contribution in [2.24, 2.45) is 11.7 Å². The highest BCUT2D eigenvalue weighted by Crippen LogP contribution is 2.54. The monoisotopic (exact) mass is 665 g/mol. The van der Waals surface area contributed by atoms with Crippen molar-refractivity contribution in [3.63, 3.8) is 0 Å². The van der Waals surface area contributed by atoms with E-state index in [0.29, 0.717) is 49.4 Å². The molecule has 4 heterocycles. The Hall–Kier alpha value is -3.19. The van der Waals surface area contributed by atoms with Gasteiger partial charge in [0.15, 0.2) is 5.82 Å². The Kier molecular flexibility index (Phi) is 10.1. The predicted octanol–water partition coefficient (Wildman–Crippen LogP) is 5.42. The third-order valence-electron chi connectivity index (χ3n) is 10.6. The molecule has 1 spiro atoms. The summed E-state index contributed by atoms with van der Waals surface area (Å²) in [5.74, 6) is 0.425. The van der Waals surface area contributed by atoms with E-state index in [1.165, 1.54) is 25.9 Å². The standard InChI is InChI=1S/C35H51N7O4S/c1-20(9-8-16-37-4)21(2)46-34-29(38-5)33(42(44)23-12-17-45-18-13-23)40-32(41-34)30(43)24-10-6-14-35(31(24)36)15-7-11-26-28(35)27(22(3)47-26)25-19-39-25/h19-21,23,37-39,44H,6-18,36H2,1-5H3/t20?,21-,35-/m0/s1. The maximum absolute atomic E-state index is 14.6. The van der Waals surface area contributed by atoms with Gasteiger partial charge in [0, 0.05) is 58.5 Å². The third-order valence-corrected chi connectivity index (χ3v) is 11.8. The zero-order valence-corrected chi connectivity index (χ0v) is 29.3. The van der Waals surface area contributed by atoms with Gasteiger partial charge in [-0.2, -0.15) is 4.98 Å². The number of aromatic nitrogens is 2. The Balaban J connectivity index is 1.41. The van der Waals surface area contributed by atoms with Crippen LogP contribution in [0.25, 0.3) is 5.70 Å². The maximum atomic E-state index is 14.6. The van der Waals surface area contributed by atoms with Gasteiger partial charge in [0.2, 0.25) is 17.5 Å². The molecule has 6 rings (SSSR count). The lowest BCUT2D eigenvalue weighted by molar-refractivity contribution is 0.0593. The minimum absolute atomic E-state index is 0.00512. The second-order valence-electron chi connectivity index (χ2n) is 13.6. The van der Waals surface area contributed by atoms with Gasteiger partial charge in [-0.3, -0.25) is 10.0 Å². The van der Waals surface area contributed by atoms with E-state index in [0.717, 1.165) is 57.2 Å². The van der Waals surface area contributed by atoms with Crippen molar-refractivity contribution >= 4 is 34.3 Å². The van der Waals surface area contributed by atoms with Gasteiger partial charge in [0.05, 0.1) is 11.7 Å². The van der Waals surface area contributed by atoms with Crippen LogP contribution in [0.5, 0.6) is 5.88 Å². The highest BCUT2D eigenvalue weighted by Gasteiger charge is 2.47. The summed E-state index contributed by atoms with van der Waals surface area (Å²) in [5, 5.41) is 22.4. The molecule has 12 heteroatoms. The van der Waals surface area contributed by atoms with Crippen LogP contribution >= 0.6 is 11.3 Å². The number of ether oxygens (including phenoxy) is 2. The summed E-state index contributed by atoms with van der Waals surface area (Å²) < 4.78 is 12.1. The molecule has 2 aromatic rings. The second-order valence-corrected chi connectivity index (χ2v) is 14.9. The topological polar surface area (TPSA) is 157 Å². The van der Waals surface area contributed by atoms with Crippen LogP contribution in [-0.4, -0.2) is 67.0 Å². The number of carbonyl (C=O) groups excluding carboxylic acids is 1. The molecular formula is C35H51N7O4S. The highest BCUT2D eigenvalue weighted by atomic mass is 32.1. The normalized spacial score (nSPS) is 22.3. The number of Topliss-reactive ketones (excluding diaryl/α,β-unsaturated/α-hetero) is 1. The number of hydroxylamine groups is 1. The first-order chi connectivity index (χ1) is 22.7. The van der Waals surface area contributed by atoms with Crippen molar-refractivity contribution in [1.29, 1.82) is 0 Å². The summed E-state index contributed by atoms with van der Waals surface area (Å²) in [7, 11) is 3.71. The lowest BCUT2D eigenvalue weighted by Gasteiger charge is -2.42. The number of ketones is 1. The number of nitrogens with one attached hydrogen (secondary N) is 3. The Bertz CT molecular complexity index is 1550. The van der Waals surface area contributed by atoms with Gasteiger partial charge in [-0.15, -0.1) is 11.3 Å². The number of anilines is 2. The first-order valence-corrected chi connectivity index (χ1v) is 18.1. The molecule has 2 aliphatic heterocycles. The Morgan fingerprint density at radius 2 is 1.96 bits per heavy atom. The Morgan fingerprint density at radius 3 is 2.64 bits per heavy atom. The van der Waals surface area contributed by atoms with Crippen molar-refractivity contribution in [3.8, 4) is 5.88 Å². The van der Waals surface area contributed by atoms with Gasteiger partial charge in [-0.25, -0.2) is 10.0 Å². The average molecular weight is 666 g/mol. The molecule has 6 N–H and O–H groups in total. The van der Waals surface area contributed by atoms with Crippen molar-refractivity contribution in [2.45, 2.75) is 103 Å². The van der Waals surface area contributed by atoms with Gasteiger partial charge in [0.25, 0.3) is 0 Å². The molecule has 2 aromatic heterocycles. The molecule has 3 atom stereocenters. The zero-order chi connectivity index (χ0) is 33.3. The summed E-state index contributed by atoms with van der Waals surface area (Å²) in [4.78, 5) is 26.8. The molecule has 11 nitrogen and oxygen atoms in total. The minimum atomic E-state index is -0.391. The molecular weight excluding hydrogens is 614 g/mol. The highest BCUT2D eigenvalue weighted by molar-refractivity contribution is 7.12. The number of thiophene rings is 1. The van der Waals surface area contributed by atoms with E-state index in [1.54, 1.807) is 7.05 Å². The van der Waals surface area contributed by atoms with Crippen LogP contribution in [0, 0.1) is 12.8 Å². The SMILES string of the molecule is CNCCCC(C)[C@H](C)Oc1nc(C(=O)C2=C(N)[C@@]3(CCC2)CCCc2sc(C)c(C4=CN4)c23)nc(N(O)C2CCOCC2)c1NC. The molecule has 0 radical (unpaired) electrons. The first kappa shape index (κ1) is 33.7. The van der Waals surface area contributed by atoms with Crippen LogP contribution in [0.15, 0.2) is 17.5 Å². The summed E-state index contributed by atoms with van der Waals surface area (Å²) in [6.45, 7) is 8.39. The van der Waals surface area contributed by atoms with E-state index >= 15 is 0 Å². The number of fused-ring (bicyclic) bond motifs is 2. The van der Waals surface area contributed by atoms with Crippen molar-refractivity contribution < 1.29 is 19.5 Å². The zero-order valence-electron chi connectivity index (χ0n) is 28.5. The third kappa shape index (κ3) is 6.49. The molecule has 0 saturated carbocycles. The largest absolute Gasteiger partial charge is 0.473 e. The van der Waals surface area contributed by atoms with Crippen LogP contribution < -0.4 is 31.5 Å². The number of rotatable bonds is 13. The van der Waals surface area contributed by atoms with E-state index in [-0.39, 0.29) is 41.4 Å². The predicted molar refractivity (Wildman–Crippen MR) is 186 cm³/mol. The number of hydrogen-bond acceptors (Lipinski definition) is 12. The van der Waals surface area contributed by atoms with E-state index in [2.05, 4.69) is 29.8 Å². The van der Waals surface area contributed by atoms with Crippen LogP contribution in [0.1, 0.15) is 103 Å². The quantitative estimate of drug-likeness (QED) is 0.106. The number of nitrogens with two attached hydrogens (primary N) is 1.